The second-order valence-electron chi connectivity index (χ2n) is 7.32. The molecule has 0 aliphatic carbocycles. The van der Waals surface area contributed by atoms with E-state index in [2.05, 4.69) is 29.8 Å². The fourth-order valence-corrected chi connectivity index (χ4v) is 3.01. The highest BCUT2D eigenvalue weighted by Gasteiger charge is 2.15. The summed E-state index contributed by atoms with van der Waals surface area (Å²) < 4.78 is 0. The van der Waals surface area contributed by atoms with E-state index >= 15 is 0 Å². The molecule has 0 saturated heterocycles. The molecule has 7 nitrogen and oxygen atoms in total. The van der Waals surface area contributed by atoms with E-state index in [9.17, 15) is 14.4 Å². The minimum atomic E-state index is -0.424. The van der Waals surface area contributed by atoms with Crippen LogP contribution < -0.4 is 16.5 Å². The smallest absolute Gasteiger partial charge is 0.281 e. The summed E-state index contributed by atoms with van der Waals surface area (Å²) in [5, 5.41) is 11.1. The summed E-state index contributed by atoms with van der Waals surface area (Å²) >= 11 is 1.43. The molecule has 0 atom stereocenters. The monoisotopic (exact) mass is 549 g/mol. The first-order chi connectivity index (χ1) is 18.2. The average Bonchev–Trinajstić information content (AvgIpc) is 3.42. The molecule has 8 heteroatoms. The Labute approximate surface area is 235 Å². The van der Waals surface area contributed by atoms with Crippen molar-refractivity contribution in [2.24, 2.45) is 11.7 Å². The van der Waals surface area contributed by atoms with Crippen molar-refractivity contribution in [1.29, 1.82) is 0 Å². The van der Waals surface area contributed by atoms with Crippen LogP contribution in [0.3, 0.4) is 0 Å². The molecule has 0 aromatic carbocycles. The maximum Gasteiger partial charge on any atom is 0.281 e. The molecule has 0 aromatic heterocycles. The molecule has 1 aliphatic heterocycles. The zero-order chi connectivity index (χ0) is 30.2. The molecule has 0 fully saturated rings. The van der Waals surface area contributed by atoms with Crippen molar-refractivity contribution in [3.8, 4) is 0 Å². The van der Waals surface area contributed by atoms with Gasteiger partial charge in [-0.3, -0.25) is 14.8 Å². The van der Waals surface area contributed by atoms with Crippen LogP contribution in [0.15, 0.2) is 83.5 Å². The summed E-state index contributed by atoms with van der Waals surface area (Å²) in [5.41, 5.74) is 8.04. The highest BCUT2D eigenvalue weighted by Crippen LogP contribution is 2.28. The van der Waals surface area contributed by atoms with Gasteiger partial charge >= 0.3 is 0 Å². The number of carbonyl (C=O) groups excluding carboxylic acids is 3. The van der Waals surface area contributed by atoms with Crippen LogP contribution in [0.5, 0.6) is 0 Å². The van der Waals surface area contributed by atoms with Gasteiger partial charge < -0.3 is 15.8 Å². The Morgan fingerprint density at radius 2 is 1.74 bits per heavy atom. The van der Waals surface area contributed by atoms with Crippen LogP contribution in [0.4, 0.5) is 0 Å². The third-order valence-corrected chi connectivity index (χ3v) is 4.90. The van der Waals surface area contributed by atoms with Crippen LogP contribution in [0.2, 0.25) is 0 Å². The minimum Gasteiger partial charge on any atom is -0.333 e. The first-order valence-corrected chi connectivity index (χ1v) is 13.7. The molecule has 0 aromatic rings. The molecule has 5 N–H and O–H groups in total. The first kappa shape index (κ1) is 42.2. The summed E-state index contributed by atoms with van der Waals surface area (Å²) in [6.07, 6.45) is 22.4. The van der Waals surface area contributed by atoms with Gasteiger partial charge in [0, 0.05) is 23.8 Å². The fraction of sp³-hybridized carbons (Fsp3) is 0.433. The Hall–Kier alpha value is -2.94. The van der Waals surface area contributed by atoms with Crippen LogP contribution >= 0.6 is 11.8 Å². The second kappa shape index (κ2) is 34.1. The highest BCUT2D eigenvalue weighted by atomic mass is 32.2. The van der Waals surface area contributed by atoms with Crippen LogP contribution in [0, 0.1) is 5.92 Å². The van der Waals surface area contributed by atoms with Crippen molar-refractivity contribution >= 4 is 29.9 Å². The zero-order valence-corrected chi connectivity index (χ0v) is 25.4. The number of hydrogen-bond acceptors (Lipinski definition) is 6. The van der Waals surface area contributed by atoms with Gasteiger partial charge in [-0.1, -0.05) is 82.9 Å². The zero-order valence-electron chi connectivity index (χ0n) is 24.6. The lowest BCUT2D eigenvalue weighted by atomic mass is 10.2. The Balaban J connectivity index is -0.000000244. The van der Waals surface area contributed by atoms with Gasteiger partial charge in [0.25, 0.3) is 5.91 Å². The molecule has 38 heavy (non-hydrogen) atoms. The van der Waals surface area contributed by atoms with E-state index in [1.165, 1.54) is 18.8 Å². The molecule has 0 bridgehead atoms. The quantitative estimate of drug-likeness (QED) is 0.0805. The molecule has 0 radical (unpaired) electrons. The van der Waals surface area contributed by atoms with Crippen molar-refractivity contribution in [3.63, 3.8) is 0 Å². The van der Waals surface area contributed by atoms with Crippen molar-refractivity contribution in [1.82, 2.24) is 10.8 Å². The first-order valence-electron chi connectivity index (χ1n) is 12.7. The Bertz CT molecular complexity index is 808. The van der Waals surface area contributed by atoms with Gasteiger partial charge in [0.2, 0.25) is 5.91 Å². The summed E-state index contributed by atoms with van der Waals surface area (Å²) in [6.45, 7) is 17.1. The van der Waals surface area contributed by atoms with E-state index in [0.29, 0.717) is 11.3 Å². The SMILES string of the molecule is C/C=C1/C=C(C(=O)NO)SC1.C=C/C=C(\C)NC(=O)CC/C=C/C=CC/C=C\C.CC.CC(C)C=O.CN. The van der Waals surface area contributed by atoms with E-state index in [1.807, 2.05) is 78.8 Å². The lowest BCUT2D eigenvalue weighted by Gasteiger charge is -2.02. The number of hydrogen-bond donors (Lipinski definition) is 4. The van der Waals surface area contributed by atoms with Crippen molar-refractivity contribution in [2.75, 3.05) is 12.8 Å². The van der Waals surface area contributed by atoms with E-state index in [-0.39, 0.29) is 11.8 Å². The molecule has 1 aliphatic rings. The molecular formula is C30H51N3O4S. The van der Waals surface area contributed by atoms with Gasteiger partial charge in [0.05, 0.1) is 4.91 Å². The van der Waals surface area contributed by atoms with Crippen LogP contribution in [0.25, 0.3) is 0 Å². The number of thioether (sulfide) groups is 1. The van der Waals surface area contributed by atoms with Gasteiger partial charge in [-0.05, 0) is 58.4 Å². The molecule has 0 unspecified atom stereocenters. The third-order valence-electron chi connectivity index (χ3n) is 3.81. The highest BCUT2D eigenvalue weighted by molar-refractivity contribution is 8.04. The Morgan fingerprint density at radius 1 is 1.16 bits per heavy atom. The van der Waals surface area contributed by atoms with Crippen molar-refractivity contribution < 1.29 is 19.6 Å². The van der Waals surface area contributed by atoms with E-state index in [4.69, 9.17) is 5.21 Å². The Kier molecular flexibility index (Phi) is 37.8. The van der Waals surface area contributed by atoms with Gasteiger partial charge in [-0.25, -0.2) is 5.48 Å². The van der Waals surface area contributed by atoms with Crippen molar-refractivity contribution in [2.45, 2.75) is 67.7 Å². The van der Waals surface area contributed by atoms with Crippen molar-refractivity contribution in [3.05, 3.63) is 83.5 Å². The molecule has 0 spiro atoms. The number of nitrogens with one attached hydrogen (secondary N) is 2. The van der Waals surface area contributed by atoms with Crippen LogP contribution in [-0.4, -0.2) is 36.1 Å². The number of nitrogens with two attached hydrogens (primary N) is 1. The second-order valence-corrected chi connectivity index (χ2v) is 8.33. The maximum absolute atomic E-state index is 11.5. The lowest BCUT2D eigenvalue weighted by Crippen LogP contribution is -2.20. The number of allylic oxidation sites excluding steroid dienone is 11. The molecule has 1 rings (SSSR count). The molecule has 0 saturated carbocycles. The van der Waals surface area contributed by atoms with E-state index in [0.717, 1.165) is 36.2 Å². The third kappa shape index (κ3) is 31.1. The summed E-state index contributed by atoms with van der Waals surface area (Å²) in [7, 11) is 1.50. The van der Waals surface area contributed by atoms with Gasteiger partial charge in [0.15, 0.2) is 0 Å². The summed E-state index contributed by atoms with van der Waals surface area (Å²) in [4.78, 5) is 32.3. The standard InChI is InChI=1S/C16H23NO.C7H9NO2S.C4H8O.C2H6.CH5N/c1-4-6-7-8-9-10-11-12-14-16(18)17-15(3)13-5-2;1-2-5-3-6(11-4-5)7(9)8-10;1-4(2)3-5;2*1-2/h4-6,8-11,13H,2,7,12,14H2,1,3H3,(H,17,18);2-3,10H,4H2,1H3,(H,8,9);3-4H,1-2H3;1-2H3;2H2,1H3/b6-4-,9-8?,11-10+,15-13+;5-2-;;;. The predicted octanol–water partition coefficient (Wildman–Crippen LogP) is 6.56. The van der Waals surface area contributed by atoms with Crippen LogP contribution in [0.1, 0.15) is 67.7 Å². The number of hydroxylamine groups is 1. The number of rotatable bonds is 10. The predicted molar refractivity (Wildman–Crippen MR) is 166 cm³/mol. The summed E-state index contributed by atoms with van der Waals surface area (Å²) in [5.74, 6) is 0.634. The molecule has 1 heterocycles. The minimum absolute atomic E-state index is 0.0353. The average molecular weight is 550 g/mol. The molecular weight excluding hydrogens is 498 g/mol. The number of carbonyl (C=O) groups is 3. The van der Waals surface area contributed by atoms with Gasteiger partial charge in [0.1, 0.15) is 6.29 Å². The lowest BCUT2D eigenvalue weighted by molar-refractivity contribution is -0.124. The van der Waals surface area contributed by atoms with E-state index < -0.39 is 5.91 Å². The normalized spacial score (nSPS) is 13.3. The largest absolute Gasteiger partial charge is 0.333 e. The van der Waals surface area contributed by atoms with Crippen LogP contribution in [-0.2, 0) is 14.4 Å². The number of aldehydes is 1. The molecule has 216 valence electrons. The van der Waals surface area contributed by atoms with Gasteiger partial charge in [-0.2, -0.15) is 0 Å². The maximum atomic E-state index is 11.5. The topological polar surface area (TPSA) is 122 Å². The Morgan fingerprint density at radius 3 is 2.18 bits per heavy atom. The fourth-order valence-electron chi connectivity index (χ4n) is 2.03. The van der Waals surface area contributed by atoms with Gasteiger partial charge in [-0.15, -0.1) is 11.8 Å². The summed E-state index contributed by atoms with van der Waals surface area (Å²) in [6, 6.07) is 0. The number of amides is 2. The molecule has 2 amide bonds. The van der Waals surface area contributed by atoms with E-state index in [1.54, 1.807) is 23.7 Å².